The van der Waals surface area contributed by atoms with Gasteiger partial charge in [-0.3, -0.25) is 4.79 Å². The molecule has 0 heterocycles. The molecule has 21 heavy (non-hydrogen) atoms. The van der Waals surface area contributed by atoms with Gasteiger partial charge >= 0.3 is 5.97 Å². The summed E-state index contributed by atoms with van der Waals surface area (Å²) in [5.41, 5.74) is 2.37. The van der Waals surface area contributed by atoms with Crippen LogP contribution in [0.1, 0.15) is 17.5 Å². The van der Waals surface area contributed by atoms with Crippen LogP contribution >= 0.6 is 23.5 Å². The average Bonchev–Trinajstić information content (AvgIpc) is 2.43. The molecule has 0 spiro atoms. The van der Waals surface area contributed by atoms with E-state index in [1.807, 2.05) is 31.4 Å². The largest absolute Gasteiger partial charge is 0.480 e. The first-order valence-electron chi connectivity index (χ1n) is 6.67. The molecule has 1 rings (SSSR count). The van der Waals surface area contributed by atoms with Crippen molar-refractivity contribution in [3.8, 4) is 0 Å². The summed E-state index contributed by atoms with van der Waals surface area (Å²) < 4.78 is 0. The van der Waals surface area contributed by atoms with E-state index in [-0.39, 0.29) is 11.7 Å². The van der Waals surface area contributed by atoms with Crippen molar-refractivity contribution in [2.75, 3.05) is 17.8 Å². The fourth-order valence-electron chi connectivity index (χ4n) is 1.79. The first-order chi connectivity index (χ1) is 10.0. The zero-order valence-electron chi connectivity index (χ0n) is 12.3. The molecule has 0 aliphatic carbocycles. The Morgan fingerprint density at radius 3 is 2.76 bits per heavy atom. The second-order valence-electron chi connectivity index (χ2n) is 4.72. The van der Waals surface area contributed by atoms with Crippen LogP contribution in [0.2, 0.25) is 0 Å². The van der Waals surface area contributed by atoms with Crippen molar-refractivity contribution in [2.45, 2.75) is 25.1 Å². The Morgan fingerprint density at radius 2 is 2.14 bits per heavy atom. The molecule has 1 aromatic rings. The van der Waals surface area contributed by atoms with Gasteiger partial charge in [0.1, 0.15) is 6.04 Å². The maximum Gasteiger partial charge on any atom is 0.326 e. The van der Waals surface area contributed by atoms with Crippen LogP contribution < -0.4 is 5.32 Å². The van der Waals surface area contributed by atoms with Gasteiger partial charge in [0.2, 0.25) is 5.91 Å². The minimum absolute atomic E-state index is 0.221. The van der Waals surface area contributed by atoms with E-state index in [1.165, 1.54) is 22.9 Å². The molecular formula is C15H21NO3S2. The quantitative estimate of drug-likeness (QED) is 0.730. The number of nitrogens with one attached hydrogen (secondary N) is 1. The molecule has 2 N–H and O–H groups in total. The standard InChI is InChI=1S/C15H21NO3S2/c1-11-4-3-5-12(8-11)9-21-10-14(17)16-13(15(18)19)6-7-20-2/h3-5,8,13H,6-7,9-10H2,1-2H3,(H,16,17)(H,18,19)/t13-/m0/s1. The summed E-state index contributed by atoms with van der Waals surface area (Å²) in [6.45, 7) is 2.03. The number of amides is 1. The van der Waals surface area contributed by atoms with Crippen LogP contribution in [0.15, 0.2) is 24.3 Å². The van der Waals surface area contributed by atoms with Crippen LogP contribution in [0, 0.1) is 6.92 Å². The fourth-order valence-corrected chi connectivity index (χ4v) is 3.05. The number of carboxylic acids is 1. The summed E-state index contributed by atoms with van der Waals surface area (Å²) in [5.74, 6) is 0.546. The van der Waals surface area contributed by atoms with Gasteiger partial charge in [-0.25, -0.2) is 4.79 Å². The van der Waals surface area contributed by atoms with Gasteiger partial charge < -0.3 is 10.4 Å². The summed E-state index contributed by atoms with van der Waals surface area (Å²) in [5, 5.41) is 11.6. The second kappa shape index (κ2) is 9.73. The van der Waals surface area contributed by atoms with E-state index in [2.05, 4.69) is 11.4 Å². The Labute approximate surface area is 134 Å². The molecule has 0 saturated heterocycles. The van der Waals surface area contributed by atoms with E-state index in [0.717, 1.165) is 5.75 Å². The van der Waals surface area contributed by atoms with E-state index in [0.29, 0.717) is 12.2 Å². The molecule has 0 aliphatic rings. The molecule has 6 heteroatoms. The molecule has 1 aromatic carbocycles. The number of hydrogen-bond donors (Lipinski definition) is 2. The lowest BCUT2D eigenvalue weighted by Gasteiger charge is -2.13. The molecule has 0 unspecified atom stereocenters. The molecule has 0 radical (unpaired) electrons. The van der Waals surface area contributed by atoms with Gasteiger partial charge in [-0.1, -0.05) is 29.8 Å². The van der Waals surface area contributed by atoms with Crippen LogP contribution in [0.4, 0.5) is 0 Å². The predicted octanol–water partition coefficient (Wildman–Crippen LogP) is 2.55. The Kier molecular flexibility index (Phi) is 8.30. The van der Waals surface area contributed by atoms with E-state index < -0.39 is 12.0 Å². The fraction of sp³-hybridized carbons (Fsp3) is 0.467. The lowest BCUT2D eigenvalue weighted by molar-refractivity contribution is -0.141. The molecule has 116 valence electrons. The number of hydrogen-bond acceptors (Lipinski definition) is 4. The first-order valence-corrected chi connectivity index (χ1v) is 9.22. The molecule has 1 amide bonds. The van der Waals surface area contributed by atoms with Crippen molar-refractivity contribution in [1.82, 2.24) is 5.32 Å². The van der Waals surface area contributed by atoms with Gasteiger partial charge in [0, 0.05) is 5.75 Å². The predicted molar refractivity (Wildman–Crippen MR) is 89.9 cm³/mol. The lowest BCUT2D eigenvalue weighted by atomic mass is 10.2. The Bertz CT molecular complexity index is 480. The maximum atomic E-state index is 11.8. The van der Waals surface area contributed by atoms with Crippen molar-refractivity contribution in [3.05, 3.63) is 35.4 Å². The third-order valence-electron chi connectivity index (χ3n) is 2.83. The molecule has 0 aliphatic heterocycles. The molecule has 0 saturated carbocycles. The number of carboxylic acid groups (broad SMARTS) is 1. The summed E-state index contributed by atoms with van der Waals surface area (Å²) in [6.07, 6.45) is 2.36. The number of carbonyl (C=O) groups excluding carboxylic acids is 1. The molecular weight excluding hydrogens is 306 g/mol. The van der Waals surface area contributed by atoms with Crippen molar-refractivity contribution in [1.29, 1.82) is 0 Å². The zero-order valence-corrected chi connectivity index (χ0v) is 13.9. The maximum absolute atomic E-state index is 11.8. The van der Waals surface area contributed by atoms with Gasteiger partial charge in [-0.2, -0.15) is 11.8 Å². The highest BCUT2D eigenvalue weighted by atomic mass is 32.2. The topological polar surface area (TPSA) is 66.4 Å². The lowest BCUT2D eigenvalue weighted by Crippen LogP contribution is -2.42. The Hall–Kier alpha value is -1.14. The zero-order chi connectivity index (χ0) is 15.7. The smallest absolute Gasteiger partial charge is 0.326 e. The normalized spacial score (nSPS) is 11.9. The average molecular weight is 327 g/mol. The summed E-state index contributed by atoms with van der Waals surface area (Å²) >= 11 is 3.06. The molecule has 0 fully saturated rings. The van der Waals surface area contributed by atoms with Crippen molar-refractivity contribution < 1.29 is 14.7 Å². The van der Waals surface area contributed by atoms with E-state index in [1.54, 1.807) is 11.8 Å². The highest BCUT2D eigenvalue weighted by Crippen LogP contribution is 2.13. The molecule has 0 bridgehead atoms. The first kappa shape index (κ1) is 17.9. The van der Waals surface area contributed by atoms with Crippen LogP contribution in [0.3, 0.4) is 0 Å². The van der Waals surface area contributed by atoms with Gasteiger partial charge in [0.15, 0.2) is 0 Å². The Morgan fingerprint density at radius 1 is 1.38 bits per heavy atom. The third-order valence-corrected chi connectivity index (χ3v) is 4.48. The van der Waals surface area contributed by atoms with Gasteiger partial charge in [0.25, 0.3) is 0 Å². The number of aryl methyl sites for hydroxylation is 1. The number of carbonyl (C=O) groups is 2. The van der Waals surface area contributed by atoms with Crippen molar-refractivity contribution >= 4 is 35.4 Å². The van der Waals surface area contributed by atoms with Crippen LogP contribution in [0.5, 0.6) is 0 Å². The number of benzene rings is 1. The van der Waals surface area contributed by atoms with Gasteiger partial charge in [-0.05, 0) is 30.9 Å². The Balaban J connectivity index is 2.34. The number of aliphatic carboxylic acids is 1. The minimum atomic E-state index is -0.971. The molecule has 0 aromatic heterocycles. The van der Waals surface area contributed by atoms with Gasteiger partial charge in [-0.15, -0.1) is 11.8 Å². The summed E-state index contributed by atoms with van der Waals surface area (Å²) in [6, 6.07) is 7.35. The van der Waals surface area contributed by atoms with Crippen molar-refractivity contribution in [3.63, 3.8) is 0 Å². The number of thioether (sulfide) groups is 2. The third kappa shape index (κ3) is 7.43. The number of rotatable bonds is 9. The van der Waals surface area contributed by atoms with Crippen LogP contribution in [0.25, 0.3) is 0 Å². The van der Waals surface area contributed by atoms with Crippen LogP contribution in [-0.2, 0) is 15.3 Å². The van der Waals surface area contributed by atoms with E-state index in [4.69, 9.17) is 5.11 Å². The molecule has 1 atom stereocenters. The van der Waals surface area contributed by atoms with E-state index >= 15 is 0 Å². The summed E-state index contributed by atoms with van der Waals surface area (Å²) in [4.78, 5) is 22.8. The SMILES string of the molecule is CSCC[C@H](NC(=O)CSCc1cccc(C)c1)C(=O)O. The highest BCUT2D eigenvalue weighted by Gasteiger charge is 2.18. The molecule has 4 nitrogen and oxygen atoms in total. The monoisotopic (exact) mass is 327 g/mol. The minimum Gasteiger partial charge on any atom is -0.480 e. The second-order valence-corrected chi connectivity index (χ2v) is 6.69. The van der Waals surface area contributed by atoms with E-state index in [9.17, 15) is 9.59 Å². The van der Waals surface area contributed by atoms with Crippen molar-refractivity contribution in [2.24, 2.45) is 0 Å². The van der Waals surface area contributed by atoms with Crippen LogP contribution in [-0.4, -0.2) is 40.8 Å². The summed E-state index contributed by atoms with van der Waals surface area (Å²) in [7, 11) is 0. The highest BCUT2D eigenvalue weighted by molar-refractivity contribution is 7.99. The van der Waals surface area contributed by atoms with Gasteiger partial charge in [0.05, 0.1) is 5.75 Å².